The molecule has 0 amide bonds. The van der Waals surface area contributed by atoms with Gasteiger partial charge in [0.15, 0.2) is 11.6 Å². The molecule has 0 radical (unpaired) electrons. The van der Waals surface area contributed by atoms with Gasteiger partial charge in [0.1, 0.15) is 13.5 Å². The first-order chi connectivity index (χ1) is 12.6. The Morgan fingerprint density at radius 1 is 1.18 bits per heavy atom. The molecule has 0 aliphatic carbocycles. The summed E-state index contributed by atoms with van der Waals surface area (Å²) in [4.78, 5) is 4.67. The van der Waals surface area contributed by atoms with Gasteiger partial charge in [0.2, 0.25) is 0 Å². The minimum atomic E-state index is -3.81. The molecule has 0 N–H and O–H groups in total. The Balaban J connectivity index is 2.74. The van der Waals surface area contributed by atoms with Crippen molar-refractivity contribution in [2.24, 2.45) is 0 Å². The Hall–Kier alpha value is -1.58. The highest BCUT2D eigenvalue weighted by atomic mass is 32.2. The summed E-state index contributed by atoms with van der Waals surface area (Å²) in [6, 6.07) is 3.99. The quantitative estimate of drug-likeness (QED) is 0.681. The van der Waals surface area contributed by atoms with E-state index in [1.807, 2.05) is 0 Å². The Labute approximate surface area is 167 Å². The lowest BCUT2D eigenvalue weighted by molar-refractivity contribution is 0.495. The van der Waals surface area contributed by atoms with Crippen molar-refractivity contribution < 1.29 is 17.2 Å². The zero-order valence-corrected chi connectivity index (χ0v) is 19.5. The number of benzene rings is 1. The molecule has 0 bridgehead atoms. The van der Waals surface area contributed by atoms with Crippen LogP contribution in [0, 0.1) is 11.6 Å². The van der Waals surface area contributed by atoms with Gasteiger partial charge in [0.05, 0.1) is 5.69 Å². The SMILES string of the molecule is C[C@@H](c1cn(S(=O)(=O)N(C)C)c([Si](C)(C)C(C)(C)C)n1)c1cccc(F)c1F. The maximum absolute atomic E-state index is 14.3. The van der Waals surface area contributed by atoms with E-state index in [0.717, 1.165) is 10.4 Å². The summed E-state index contributed by atoms with van der Waals surface area (Å²) in [5, 5.41) is -0.164. The molecule has 0 aliphatic heterocycles. The molecule has 9 heteroatoms. The average Bonchev–Trinajstić information content (AvgIpc) is 3.02. The summed E-state index contributed by atoms with van der Waals surface area (Å²) in [6.45, 7) is 12.0. The second kappa shape index (κ2) is 7.35. The van der Waals surface area contributed by atoms with Crippen LogP contribution in [0.5, 0.6) is 0 Å². The van der Waals surface area contributed by atoms with Gasteiger partial charge < -0.3 is 0 Å². The summed E-state index contributed by atoms with van der Waals surface area (Å²) >= 11 is 0. The lowest BCUT2D eigenvalue weighted by atomic mass is 9.98. The highest BCUT2D eigenvalue weighted by Crippen LogP contribution is 2.36. The predicted octanol–water partition coefficient (Wildman–Crippen LogP) is 3.68. The lowest BCUT2D eigenvalue weighted by Crippen LogP contribution is -2.56. The van der Waals surface area contributed by atoms with Crippen LogP contribution >= 0.6 is 0 Å². The molecule has 156 valence electrons. The molecule has 28 heavy (non-hydrogen) atoms. The van der Waals surface area contributed by atoms with Crippen molar-refractivity contribution >= 4 is 23.7 Å². The second-order valence-electron chi connectivity index (χ2n) is 8.82. The molecular weight excluding hydrogens is 400 g/mol. The van der Waals surface area contributed by atoms with E-state index in [4.69, 9.17) is 0 Å². The molecule has 0 fully saturated rings. The molecular formula is C19H29F2N3O2SSi. The average molecular weight is 430 g/mol. The van der Waals surface area contributed by atoms with E-state index >= 15 is 0 Å². The number of imidazole rings is 1. The minimum Gasteiger partial charge on any atom is -0.242 e. The van der Waals surface area contributed by atoms with E-state index in [1.165, 1.54) is 36.4 Å². The van der Waals surface area contributed by atoms with Crippen molar-refractivity contribution in [3.8, 4) is 0 Å². The highest BCUT2D eigenvalue weighted by Gasteiger charge is 2.43. The molecule has 0 saturated carbocycles. The van der Waals surface area contributed by atoms with Crippen LogP contribution in [0.2, 0.25) is 18.1 Å². The smallest absolute Gasteiger partial charge is 0.242 e. The molecule has 1 atom stereocenters. The van der Waals surface area contributed by atoms with Gasteiger partial charge in [-0.1, -0.05) is 52.9 Å². The second-order valence-corrected chi connectivity index (χ2v) is 16.0. The maximum atomic E-state index is 14.3. The predicted molar refractivity (Wildman–Crippen MR) is 111 cm³/mol. The summed E-state index contributed by atoms with van der Waals surface area (Å²) < 4.78 is 56.2. The highest BCUT2D eigenvalue weighted by molar-refractivity contribution is 7.87. The zero-order chi connectivity index (χ0) is 21.7. The van der Waals surface area contributed by atoms with Crippen LogP contribution in [-0.4, -0.2) is 43.8 Å². The van der Waals surface area contributed by atoms with E-state index in [9.17, 15) is 17.2 Å². The van der Waals surface area contributed by atoms with Crippen molar-refractivity contribution in [1.82, 2.24) is 13.3 Å². The van der Waals surface area contributed by atoms with Crippen LogP contribution in [0.15, 0.2) is 24.4 Å². The third-order valence-corrected chi connectivity index (χ3v) is 12.8. The number of aromatic nitrogens is 2. The van der Waals surface area contributed by atoms with Crippen molar-refractivity contribution in [2.45, 2.75) is 51.7 Å². The molecule has 0 spiro atoms. The molecule has 1 aromatic heterocycles. The summed E-state index contributed by atoms with van der Waals surface area (Å²) in [5.41, 5.74) is 1.04. The van der Waals surface area contributed by atoms with Crippen LogP contribution in [-0.2, 0) is 10.2 Å². The fraction of sp³-hybridized carbons (Fsp3) is 0.526. The van der Waals surface area contributed by atoms with Gasteiger partial charge in [0.25, 0.3) is 0 Å². The molecule has 2 aromatic rings. The van der Waals surface area contributed by atoms with Gasteiger partial charge in [-0.05, 0) is 16.7 Å². The topological polar surface area (TPSA) is 55.2 Å². The van der Waals surface area contributed by atoms with Gasteiger partial charge >= 0.3 is 10.2 Å². The summed E-state index contributed by atoms with van der Waals surface area (Å²) in [7, 11) is -3.25. The molecule has 1 heterocycles. The Bertz CT molecular complexity index is 980. The summed E-state index contributed by atoms with van der Waals surface area (Å²) in [5.74, 6) is -2.47. The third kappa shape index (κ3) is 3.79. The van der Waals surface area contributed by atoms with Crippen molar-refractivity contribution in [2.75, 3.05) is 14.1 Å². The standard InChI is InChI=1S/C19H29F2N3O2SSi/c1-13(14-10-9-11-15(20)17(14)21)16-12-24(27(25,26)23(5)6)18(22-16)28(7,8)19(2,3)4/h9-13H,1-8H3/t13-/m1/s1. The Morgan fingerprint density at radius 3 is 2.25 bits per heavy atom. The van der Waals surface area contributed by atoms with Crippen LogP contribution in [0.1, 0.15) is 44.9 Å². The number of hydrogen-bond acceptors (Lipinski definition) is 3. The van der Waals surface area contributed by atoms with Gasteiger partial charge in [-0.15, -0.1) is 0 Å². The van der Waals surface area contributed by atoms with Crippen molar-refractivity contribution in [1.29, 1.82) is 0 Å². The number of rotatable bonds is 5. The summed E-state index contributed by atoms with van der Waals surface area (Å²) in [6.07, 6.45) is 1.44. The number of hydrogen-bond donors (Lipinski definition) is 0. The van der Waals surface area contributed by atoms with E-state index < -0.39 is 35.8 Å². The first-order valence-corrected chi connectivity index (χ1v) is 13.5. The molecule has 0 aliphatic rings. The fourth-order valence-corrected chi connectivity index (χ4v) is 6.29. The molecule has 5 nitrogen and oxygen atoms in total. The normalized spacial score (nSPS) is 14.5. The molecule has 0 saturated heterocycles. The monoisotopic (exact) mass is 429 g/mol. The Morgan fingerprint density at radius 2 is 1.75 bits per heavy atom. The van der Waals surface area contributed by atoms with Crippen molar-refractivity contribution in [3.05, 3.63) is 47.3 Å². The zero-order valence-electron chi connectivity index (χ0n) is 17.7. The largest absolute Gasteiger partial charge is 0.308 e. The van der Waals surface area contributed by atoms with Crippen LogP contribution < -0.4 is 5.45 Å². The minimum absolute atomic E-state index is 0.147. The fourth-order valence-electron chi connectivity index (χ4n) is 2.71. The van der Waals surface area contributed by atoms with E-state index in [-0.39, 0.29) is 10.6 Å². The maximum Gasteiger partial charge on any atom is 0.308 e. The van der Waals surface area contributed by atoms with E-state index in [0.29, 0.717) is 11.1 Å². The van der Waals surface area contributed by atoms with Crippen LogP contribution in [0.25, 0.3) is 0 Å². The third-order valence-electron chi connectivity index (χ3n) is 5.73. The molecule has 0 unspecified atom stereocenters. The van der Waals surface area contributed by atoms with Gasteiger partial charge in [-0.2, -0.15) is 12.7 Å². The molecule has 1 aromatic carbocycles. The Kier molecular flexibility index (Phi) is 5.96. The molecule has 2 rings (SSSR count). The first kappa shape index (κ1) is 22.7. The van der Waals surface area contributed by atoms with E-state index in [2.05, 4.69) is 38.8 Å². The van der Waals surface area contributed by atoms with Gasteiger partial charge in [-0.25, -0.2) is 17.7 Å². The van der Waals surface area contributed by atoms with Crippen molar-refractivity contribution in [3.63, 3.8) is 0 Å². The van der Waals surface area contributed by atoms with Crippen LogP contribution in [0.4, 0.5) is 8.78 Å². The first-order valence-electron chi connectivity index (χ1n) is 9.09. The van der Waals surface area contributed by atoms with Gasteiger partial charge in [0, 0.05) is 26.2 Å². The number of halogens is 2. The van der Waals surface area contributed by atoms with E-state index in [1.54, 1.807) is 6.92 Å². The van der Waals surface area contributed by atoms with Gasteiger partial charge in [-0.3, -0.25) is 0 Å². The number of nitrogens with zero attached hydrogens (tertiary/aromatic N) is 3. The lowest BCUT2D eigenvalue weighted by Gasteiger charge is -2.36. The van der Waals surface area contributed by atoms with Crippen LogP contribution in [0.3, 0.4) is 0 Å².